The Hall–Kier alpha value is -1.41. The molecule has 1 saturated carbocycles. The fourth-order valence-electron chi connectivity index (χ4n) is 1.47. The van der Waals surface area contributed by atoms with Crippen molar-refractivity contribution in [2.75, 3.05) is 6.54 Å². The van der Waals surface area contributed by atoms with Gasteiger partial charge in [0.1, 0.15) is 5.69 Å². The largest absolute Gasteiger partial charge is 0.333 e. The van der Waals surface area contributed by atoms with Gasteiger partial charge < -0.3 is 4.90 Å². The number of nitrogens with zero attached hydrogens (tertiary/aromatic N) is 3. The van der Waals surface area contributed by atoms with Crippen LogP contribution in [0, 0.1) is 11.3 Å². The number of amides is 1. The average molecular weight is 221 g/mol. The van der Waals surface area contributed by atoms with Crippen LogP contribution in [0.2, 0.25) is 0 Å². The van der Waals surface area contributed by atoms with Crippen LogP contribution in [0.5, 0.6) is 0 Å². The number of rotatable bonds is 4. The minimum absolute atomic E-state index is 0.0333. The molecule has 0 spiro atoms. The first-order valence-corrected chi connectivity index (χ1v) is 5.83. The van der Waals surface area contributed by atoms with Crippen LogP contribution in [0.1, 0.15) is 29.8 Å². The smallest absolute Gasteiger partial charge is 0.273 e. The molecule has 0 unspecified atom stereocenters. The summed E-state index contributed by atoms with van der Waals surface area (Å²) in [5, 5.41) is 10.3. The fourth-order valence-corrected chi connectivity index (χ4v) is 2.00. The third kappa shape index (κ3) is 2.34. The van der Waals surface area contributed by atoms with Crippen LogP contribution in [0.3, 0.4) is 0 Å². The lowest BCUT2D eigenvalue weighted by Gasteiger charge is -2.19. The fraction of sp³-hybridized carbons (Fsp3) is 0.500. The first-order valence-electron chi connectivity index (χ1n) is 4.89. The molecule has 0 N–H and O–H groups in total. The lowest BCUT2D eigenvalue weighted by atomic mass is 10.3. The van der Waals surface area contributed by atoms with E-state index in [-0.39, 0.29) is 5.91 Å². The number of hydrogen-bond acceptors (Lipinski definition) is 4. The lowest BCUT2D eigenvalue weighted by Crippen LogP contribution is -2.34. The van der Waals surface area contributed by atoms with E-state index in [4.69, 9.17) is 5.26 Å². The minimum Gasteiger partial charge on any atom is -0.333 e. The SMILES string of the molecule is N#CCCN(C(=O)c1cscn1)C1CC1. The highest BCUT2D eigenvalue weighted by molar-refractivity contribution is 7.07. The minimum atomic E-state index is -0.0333. The molecule has 1 fully saturated rings. The highest BCUT2D eigenvalue weighted by atomic mass is 32.1. The Morgan fingerprint density at radius 1 is 1.73 bits per heavy atom. The summed E-state index contributed by atoms with van der Waals surface area (Å²) in [6, 6.07) is 2.41. The summed E-state index contributed by atoms with van der Waals surface area (Å²) in [5.41, 5.74) is 2.16. The molecule has 5 heteroatoms. The maximum Gasteiger partial charge on any atom is 0.273 e. The second-order valence-electron chi connectivity index (χ2n) is 3.51. The predicted octanol–water partition coefficient (Wildman–Crippen LogP) is 1.66. The molecule has 0 bridgehead atoms. The Morgan fingerprint density at radius 2 is 2.53 bits per heavy atom. The summed E-state index contributed by atoms with van der Waals surface area (Å²) in [4.78, 5) is 17.7. The summed E-state index contributed by atoms with van der Waals surface area (Å²) in [6.07, 6.45) is 2.51. The van der Waals surface area contributed by atoms with Gasteiger partial charge in [0.05, 0.1) is 18.0 Å². The van der Waals surface area contributed by atoms with Crippen molar-refractivity contribution in [1.82, 2.24) is 9.88 Å². The van der Waals surface area contributed by atoms with Crippen LogP contribution >= 0.6 is 11.3 Å². The van der Waals surface area contributed by atoms with Crippen LogP contribution in [0.4, 0.5) is 0 Å². The zero-order valence-electron chi connectivity index (χ0n) is 8.22. The Bertz CT molecular complexity index is 378. The normalized spacial score (nSPS) is 14.6. The van der Waals surface area contributed by atoms with Gasteiger partial charge >= 0.3 is 0 Å². The van der Waals surface area contributed by atoms with Gasteiger partial charge in [-0.2, -0.15) is 5.26 Å². The van der Waals surface area contributed by atoms with Crippen molar-refractivity contribution in [3.05, 3.63) is 16.6 Å². The summed E-state index contributed by atoms with van der Waals surface area (Å²) in [7, 11) is 0. The van der Waals surface area contributed by atoms with Crippen molar-refractivity contribution < 1.29 is 4.79 Å². The first kappa shape index (κ1) is 10.1. The highest BCUT2D eigenvalue weighted by Crippen LogP contribution is 2.28. The van der Waals surface area contributed by atoms with Crippen molar-refractivity contribution in [2.45, 2.75) is 25.3 Å². The highest BCUT2D eigenvalue weighted by Gasteiger charge is 2.33. The van der Waals surface area contributed by atoms with Crippen LogP contribution in [0.15, 0.2) is 10.9 Å². The third-order valence-electron chi connectivity index (χ3n) is 2.36. The van der Waals surface area contributed by atoms with Crippen molar-refractivity contribution in [3.63, 3.8) is 0 Å². The maximum atomic E-state index is 12.0. The number of aromatic nitrogens is 1. The van der Waals surface area contributed by atoms with Gasteiger partial charge in [0, 0.05) is 18.0 Å². The van der Waals surface area contributed by atoms with E-state index in [1.807, 2.05) is 0 Å². The zero-order chi connectivity index (χ0) is 10.7. The number of hydrogen-bond donors (Lipinski definition) is 0. The van der Waals surface area contributed by atoms with E-state index in [1.54, 1.807) is 15.8 Å². The maximum absolute atomic E-state index is 12.0. The van der Waals surface area contributed by atoms with Crippen LogP contribution < -0.4 is 0 Å². The van der Waals surface area contributed by atoms with Gasteiger partial charge in [-0.25, -0.2) is 4.98 Å². The van der Waals surface area contributed by atoms with E-state index in [2.05, 4.69) is 11.1 Å². The van der Waals surface area contributed by atoms with Crippen molar-refractivity contribution in [1.29, 1.82) is 5.26 Å². The van der Waals surface area contributed by atoms with Crippen molar-refractivity contribution >= 4 is 17.2 Å². The van der Waals surface area contributed by atoms with Gasteiger partial charge in [-0.3, -0.25) is 4.79 Å². The monoisotopic (exact) mass is 221 g/mol. The number of nitriles is 1. The first-order chi connectivity index (χ1) is 7.33. The number of carbonyl (C=O) groups is 1. The third-order valence-corrected chi connectivity index (χ3v) is 2.95. The van der Waals surface area contributed by atoms with Crippen molar-refractivity contribution in [2.24, 2.45) is 0 Å². The van der Waals surface area contributed by atoms with Gasteiger partial charge in [0.25, 0.3) is 5.91 Å². The van der Waals surface area contributed by atoms with E-state index in [1.165, 1.54) is 11.3 Å². The molecule has 1 aromatic heterocycles. The second-order valence-corrected chi connectivity index (χ2v) is 4.23. The Kier molecular flexibility index (Phi) is 2.97. The topological polar surface area (TPSA) is 57.0 Å². The second kappa shape index (κ2) is 4.41. The quantitative estimate of drug-likeness (QED) is 0.777. The molecule has 0 aromatic carbocycles. The van der Waals surface area contributed by atoms with Crippen LogP contribution in [-0.2, 0) is 0 Å². The summed E-state index contributed by atoms with van der Waals surface area (Å²) in [6.45, 7) is 0.525. The molecule has 1 amide bonds. The molecule has 2 rings (SSSR count). The summed E-state index contributed by atoms with van der Waals surface area (Å²) < 4.78 is 0. The Labute approximate surface area is 92.2 Å². The molecule has 1 aliphatic rings. The molecule has 78 valence electrons. The van der Waals surface area contributed by atoms with Gasteiger partial charge in [-0.05, 0) is 12.8 Å². The van der Waals surface area contributed by atoms with E-state index < -0.39 is 0 Å². The molecule has 0 radical (unpaired) electrons. The molecule has 0 atom stereocenters. The van der Waals surface area contributed by atoms with Gasteiger partial charge in [0.2, 0.25) is 0 Å². The standard InChI is InChI=1S/C10H11N3OS/c11-4-1-5-13(8-2-3-8)10(14)9-6-15-7-12-9/h6-8H,1-3,5H2. The van der Waals surface area contributed by atoms with Gasteiger partial charge in [-0.15, -0.1) is 11.3 Å². The van der Waals surface area contributed by atoms with Crippen LogP contribution in [0.25, 0.3) is 0 Å². The summed E-state index contributed by atoms with van der Waals surface area (Å²) in [5.74, 6) is -0.0333. The molecule has 1 aliphatic carbocycles. The van der Waals surface area contributed by atoms with Crippen LogP contribution in [-0.4, -0.2) is 28.4 Å². The molecular formula is C10H11N3OS. The number of thiazole rings is 1. The molecule has 1 heterocycles. The Morgan fingerprint density at radius 3 is 3.07 bits per heavy atom. The average Bonchev–Trinajstić information content (AvgIpc) is 2.94. The van der Waals surface area contributed by atoms with Gasteiger partial charge in [0.15, 0.2) is 0 Å². The van der Waals surface area contributed by atoms with Gasteiger partial charge in [-0.1, -0.05) is 0 Å². The van der Waals surface area contributed by atoms with E-state index in [0.29, 0.717) is 24.7 Å². The predicted molar refractivity (Wildman–Crippen MR) is 56.4 cm³/mol. The number of carbonyl (C=O) groups excluding carboxylic acids is 1. The Balaban J connectivity index is 2.04. The summed E-state index contributed by atoms with van der Waals surface area (Å²) >= 11 is 1.42. The van der Waals surface area contributed by atoms with Crippen molar-refractivity contribution in [3.8, 4) is 6.07 Å². The lowest BCUT2D eigenvalue weighted by molar-refractivity contribution is 0.0741. The molecule has 4 nitrogen and oxygen atoms in total. The molecule has 0 aliphatic heterocycles. The zero-order valence-corrected chi connectivity index (χ0v) is 9.04. The van der Waals surface area contributed by atoms with E-state index in [0.717, 1.165) is 12.8 Å². The van der Waals surface area contributed by atoms with E-state index >= 15 is 0 Å². The molecule has 1 aromatic rings. The molecule has 0 saturated heterocycles. The van der Waals surface area contributed by atoms with E-state index in [9.17, 15) is 4.79 Å². The molecular weight excluding hydrogens is 210 g/mol. The molecule has 15 heavy (non-hydrogen) atoms.